The molecule has 0 radical (unpaired) electrons. The average Bonchev–Trinajstić information content (AvgIpc) is 3.25. The van der Waals surface area contributed by atoms with Crippen molar-refractivity contribution in [3.63, 3.8) is 0 Å². The number of carbonyl (C=O) groups excluding carboxylic acids is 1. The van der Waals surface area contributed by atoms with Crippen molar-refractivity contribution in [2.24, 2.45) is 11.8 Å². The number of benzene rings is 1. The molecule has 1 aliphatic rings. The number of rotatable bonds is 6. The number of hydrogen-bond acceptors (Lipinski definition) is 5. The van der Waals surface area contributed by atoms with Crippen LogP contribution in [0.25, 0.3) is 5.69 Å². The second kappa shape index (κ2) is 7.84. The van der Waals surface area contributed by atoms with E-state index in [1.165, 1.54) is 29.1 Å². The minimum absolute atomic E-state index is 0.0521. The van der Waals surface area contributed by atoms with E-state index >= 15 is 0 Å². The van der Waals surface area contributed by atoms with E-state index in [4.69, 9.17) is 4.74 Å². The van der Waals surface area contributed by atoms with E-state index in [1.54, 1.807) is 6.92 Å². The summed E-state index contributed by atoms with van der Waals surface area (Å²) in [7, 11) is 0. The van der Waals surface area contributed by atoms with Crippen molar-refractivity contribution in [2.45, 2.75) is 13.3 Å². The second-order valence-corrected chi connectivity index (χ2v) is 6.51. The fourth-order valence-corrected chi connectivity index (χ4v) is 3.14. The molecule has 1 aromatic carbocycles. The highest BCUT2D eigenvalue weighted by Gasteiger charge is 2.26. The van der Waals surface area contributed by atoms with Gasteiger partial charge in [-0.3, -0.25) is 4.79 Å². The van der Waals surface area contributed by atoms with Gasteiger partial charge < -0.3 is 20.3 Å². The number of carbonyl (C=O) groups is 1. The maximum absolute atomic E-state index is 13.2. The van der Waals surface area contributed by atoms with Gasteiger partial charge >= 0.3 is 0 Å². The zero-order valence-corrected chi connectivity index (χ0v) is 14.5. The molecule has 1 amide bonds. The number of aliphatic hydroxyl groups excluding tert-OH is 1. The molecule has 0 saturated carbocycles. The normalized spacial score (nSPS) is 18.0. The second-order valence-electron chi connectivity index (χ2n) is 6.51. The van der Waals surface area contributed by atoms with E-state index < -0.39 is 5.91 Å². The van der Waals surface area contributed by atoms with E-state index in [0.717, 1.165) is 6.42 Å². The van der Waals surface area contributed by atoms with E-state index in [2.05, 4.69) is 10.4 Å². The van der Waals surface area contributed by atoms with Gasteiger partial charge in [0.2, 0.25) is 0 Å². The molecule has 2 heterocycles. The van der Waals surface area contributed by atoms with Crippen molar-refractivity contribution in [3.8, 4) is 11.4 Å². The van der Waals surface area contributed by atoms with Gasteiger partial charge in [0, 0.05) is 32.3 Å². The Hall–Kier alpha value is -2.45. The summed E-state index contributed by atoms with van der Waals surface area (Å²) >= 11 is 0. The predicted molar refractivity (Wildman–Crippen MR) is 91.8 cm³/mol. The van der Waals surface area contributed by atoms with Crippen LogP contribution in [0.2, 0.25) is 0 Å². The lowest BCUT2D eigenvalue weighted by molar-refractivity contribution is 0.0910. The summed E-state index contributed by atoms with van der Waals surface area (Å²) in [4.78, 5) is 12.4. The number of amides is 1. The third kappa shape index (κ3) is 3.86. The Morgan fingerprint density at radius 1 is 1.54 bits per heavy atom. The number of nitrogens with zero attached hydrogens (tertiary/aromatic N) is 2. The van der Waals surface area contributed by atoms with E-state index in [9.17, 15) is 19.4 Å². The van der Waals surface area contributed by atoms with Crippen molar-refractivity contribution < 1.29 is 24.1 Å². The fraction of sp³-hybridized carbons (Fsp3) is 0.444. The molecule has 0 aliphatic carbocycles. The Morgan fingerprint density at radius 2 is 2.35 bits per heavy atom. The Morgan fingerprint density at radius 3 is 3.00 bits per heavy atom. The van der Waals surface area contributed by atoms with Crippen LogP contribution < -0.4 is 5.32 Å². The number of halogens is 1. The largest absolute Gasteiger partial charge is 0.504 e. The minimum Gasteiger partial charge on any atom is -0.504 e. The quantitative estimate of drug-likeness (QED) is 0.721. The standard InChI is InChI=1S/C18H22FN3O4/c1-11-6-14(19)2-3-15(11)22-8-16(24)17(21-22)18(25)20-7-13(9-23)12-4-5-26-10-12/h2-3,6,8,12-13,23-24H,4-5,7,9-10H2,1H3,(H,20,25)/t12-,13+/m0/s1. The molecular formula is C18H22FN3O4. The van der Waals surface area contributed by atoms with Crippen molar-refractivity contribution >= 4 is 5.91 Å². The number of ether oxygens (including phenoxy) is 1. The molecule has 0 spiro atoms. The van der Waals surface area contributed by atoms with Gasteiger partial charge in [0.1, 0.15) is 5.82 Å². The molecule has 3 N–H and O–H groups in total. The van der Waals surface area contributed by atoms with Gasteiger partial charge in [-0.1, -0.05) is 0 Å². The summed E-state index contributed by atoms with van der Waals surface area (Å²) in [6, 6.07) is 4.17. The van der Waals surface area contributed by atoms with Gasteiger partial charge in [-0.05, 0) is 43.0 Å². The first-order valence-electron chi connectivity index (χ1n) is 8.51. The lowest BCUT2D eigenvalue weighted by atomic mass is 9.92. The summed E-state index contributed by atoms with van der Waals surface area (Å²) in [5, 5.41) is 26.4. The van der Waals surface area contributed by atoms with E-state index in [0.29, 0.717) is 24.5 Å². The number of aryl methyl sites for hydroxylation is 1. The summed E-state index contributed by atoms with van der Waals surface area (Å²) in [5.74, 6) is -1.07. The summed E-state index contributed by atoms with van der Waals surface area (Å²) in [6.45, 7) is 3.17. The van der Waals surface area contributed by atoms with Crippen molar-refractivity contribution in [1.82, 2.24) is 15.1 Å². The highest BCUT2D eigenvalue weighted by molar-refractivity contribution is 5.94. The first kappa shape index (κ1) is 18.3. The van der Waals surface area contributed by atoms with Crippen LogP contribution in [0.15, 0.2) is 24.4 Å². The molecule has 0 unspecified atom stereocenters. The van der Waals surface area contributed by atoms with Crippen molar-refractivity contribution in [3.05, 3.63) is 41.5 Å². The smallest absolute Gasteiger partial charge is 0.275 e. The fourth-order valence-electron chi connectivity index (χ4n) is 3.14. The number of hydrogen-bond donors (Lipinski definition) is 3. The van der Waals surface area contributed by atoms with Gasteiger partial charge in [0.25, 0.3) is 5.91 Å². The Kier molecular flexibility index (Phi) is 5.53. The third-order valence-electron chi connectivity index (χ3n) is 4.71. The first-order valence-corrected chi connectivity index (χ1v) is 8.51. The van der Waals surface area contributed by atoms with Crippen LogP contribution in [-0.2, 0) is 4.74 Å². The molecule has 26 heavy (non-hydrogen) atoms. The molecule has 2 aromatic rings. The van der Waals surface area contributed by atoms with Crippen LogP contribution in [-0.4, -0.2) is 52.3 Å². The SMILES string of the molecule is Cc1cc(F)ccc1-n1cc(O)c(C(=O)NC[C@H](CO)[C@H]2CCOC2)n1. The summed E-state index contributed by atoms with van der Waals surface area (Å²) < 4.78 is 19.9. The van der Waals surface area contributed by atoms with Gasteiger partial charge in [0.15, 0.2) is 11.4 Å². The molecule has 1 aromatic heterocycles. The summed E-state index contributed by atoms with van der Waals surface area (Å²) in [6.07, 6.45) is 2.16. The Balaban J connectivity index is 1.70. The van der Waals surface area contributed by atoms with Crippen LogP contribution in [0.1, 0.15) is 22.5 Å². The van der Waals surface area contributed by atoms with E-state index in [-0.39, 0.29) is 42.2 Å². The van der Waals surface area contributed by atoms with Crippen molar-refractivity contribution in [1.29, 1.82) is 0 Å². The zero-order valence-electron chi connectivity index (χ0n) is 14.5. The highest BCUT2D eigenvalue weighted by atomic mass is 19.1. The maximum Gasteiger partial charge on any atom is 0.275 e. The average molecular weight is 363 g/mol. The molecule has 1 aliphatic heterocycles. The topological polar surface area (TPSA) is 96.6 Å². The molecule has 2 atom stereocenters. The third-order valence-corrected chi connectivity index (χ3v) is 4.71. The van der Waals surface area contributed by atoms with Crippen LogP contribution >= 0.6 is 0 Å². The molecule has 140 valence electrons. The van der Waals surface area contributed by atoms with Gasteiger partial charge in [-0.2, -0.15) is 5.10 Å². The minimum atomic E-state index is -0.529. The van der Waals surface area contributed by atoms with Crippen LogP contribution in [0.5, 0.6) is 5.75 Å². The lowest BCUT2D eigenvalue weighted by Crippen LogP contribution is -2.35. The van der Waals surface area contributed by atoms with Crippen LogP contribution in [0, 0.1) is 24.6 Å². The maximum atomic E-state index is 13.2. The first-order chi connectivity index (χ1) is 12.5. The number of aliphatic hydroxyl groups is 1. The molecule has 7 nitrogen and oxygen atoms in total. The molecule has 1 fully saturated rings. The molecule has 0 bridgehead atoms. The molecule has 8 heteroatoms. The predicted octanol–water partition coefficient (Wildman–Crippen LogP) is 1.40. The summed E-state index contributed by atoms with van der Waals surface area (Å²) in [5.41, 5.74) is 1.08. The van der Waals surface area contributed by atoms with Gasteiger partial charge in [0.05, 0.1) is 11.9 Å². The Labute approximate surface area is 150 Å². The van der Waals surface area contributed by atoms with Crippen molar-refractivity contribution in [2.75, 3.05) is 26.4 Å². The number of aromatic hydroxyl groups is 1. The molecular weight excluding hydrogens is 341 g/mol. The van der Waals surface area contributed by atoms with E-state index in [1.807, 2.05) is 0 Å². The lowest BCUT2D eigenvalue weighted by Gasteiger charge is -2.20. The Bertz CT molecular complexity index is 787. The van der Waals surface area contributed by atoms with Crippen LogP contribution in [0.4, 0.5) is 4.39 Å². The van der Waals surface area contributed by atoms with Gasteiger partial charge in [-0.25, -0.2) is 9.07 Å². The number of nitrogens with one attached hydrogen (secondary N) is 1. The molecule has 3 rings (SSSR count). The molecule has 1 saturated heterocycles. The highest BCUT2D eigenvalue weighted by Crippen LogP contribution is 2.23. The number of aromatic nitrogens is 2. The monoisotopic (exact) mass is 363 g/mol. The van der Waals surface area contributed by atoms with Gasteiger partial charge in [-0.15, -0.1) is 0 Å². The zero-order chi connectivity index (χ0) is 18.7. The van der Waals surface area contributed by atoms with Crippen LogP contribution in [0.3, 0.4) is 0 Å².